The Bertz CT molecular complexity index is 438. The van der Waals surface area contributed by atoms with Gasteiger partial charge in [0.05, 0.1) is 6.04 Å². The predicted molar refractivity (Wildman–Crippen MR) is 99.8 cm³/mol. The molecular formula is C17H27Cl2N3. The fraction of sp³-hybridized carbons (Fsp3) is 0.529. The van der Waals surface area contributed by atoms with E-state index in [1.54, 1.807) is 0 Å². The first-order chi connectivity index (χ1) is 9.88. The maximum Gasteiger partial charge on any atom is 0.0530 e. The van der Waals surface area contributed by atoms with Gasteiger partial charge in [-0.25, -0.2) is 0 Å². The van der Waals surface area contributed by atoms with Crippen molar-refractivity contribution in [1.29, 1.82) is 0 Å². The van der Waals surface area contributed by atoms with Gasteiger partial charge >= 0.3 is 0 Å². The summed E-state index contributed by atoms with van der Waals surface area (Å²) in [5, 5.41) is 3.41. The lowest BCUT2D eigenvalue weighted by Crippen LogP contribution is -2.44. The molecule has 1 atom stereocenters. The molecule has 2 heterocycles. The van der Waals surface area contributed by atoms with Gasteiger partial charge in [0, 0.05) is 45.0 Å². The second kappa shape index (κ2) is 9.41. The van der Waals surface area contributed by atoms with Gasteiger partial charge in [0.25, 0.3) is 0 Å². The minimum Gasteiger partial charge on any atom is -0.372 e. The second-order valence-electron chi connectivity index (χ2n) is 5.75. The van der Waals surface area contributed by atoms with Gasteiger partial charge in [0.2, 0.25) is 0 Å². The zero-order valence-electron chi connectivity index (χ0n) is 13.0. The highest BCUT2D eigenvalue weighted by molar-refractivity contribution is 5.85. The highest BCUT2D eigenvalue weighted by atomic mass is 35.5. The number of hydrogen-bond donors (Lipinski definition) is 1. The molecule has 0 spiro atoms. The summed E-state index contributed by atoms with van der Waals surface area (Å²) in [4.78, 5) is 4.99. The third kappa shape index (κ3) is 4.39. The van der Waals surface area contributed by atoms with Gasteiger partial charge in [0.15, 0.2) is 0 Å². The second-order valence-corrected chi connectivity index (χ2v) is 5.75. The van der Waals surface area contributed by atoms with Gasteiger partial charge in [-0.05, 0) is 30.5 Å². The normalized spacial score (nSPS) is 19.9. The van der Waals surface area contributed by atoms with Crippen LogP contribution in [0, 0.1) is 0 Å². The Labute approximate surface area is 146 Å². The van der Waals surface area contributed by atoms with Crippen LogP contribution in [0.25, 0.3) is 0 Å². The van der Waals surface area contributed by atoms with Gasteiger partial charge < -0.3 is 10.2 Å². The van der Waals surface area contributed by atoms with Crippen molar-refractivity contribution >= 4 is 30.5 Å². The molecule has 0 amide bonds. The summed E-state index contributed by atoms with van der Waals surface area (Å²) in [5.74, 6) is 0. The molecule has 5 heteroatoms. The monoisotopic (exact) mass is 343 g/mol. The Morgan fingerprint density at radius 2 is 1.55 bits per heavy atom. The Morgan fingerprint density at radius 3 is 2.09 bits per heavy atom. The minimum atomic E-state index is 0. The third-order valence-electron chi connectivity index (χ3n) is 4.47. The molecule has 1 aromatic carbocycles. The van der Waals surface area contributed by atoms with E-state index < -0.39 is 0 Å². The highest BCUT2D eigenvalue weighted by Gasteiger charge is 2.19. The van der Waals surface area contributed by atoms with Crippen molar-refractivity contribution in [3.8, 4) is 0 Å². The number of halogens is 2. The molecule has 3 rings (SSSR count). The number of nitrogens with zero attached hydrogens (tertiary/aromatic N) is 2. The lowest BCUT2D eigenvalue weighted by atomic mass is 10.0. The molecular weight excluding hydrogens is 317 g/mol. The summed E-state index contributed by atoms with van der Waals surface area (Å²) in [7, 11) is 0. The SMILES string of the molecule is C=C[C@@H](c1ccc(N2CCCC2)cc1)N1CCNCC1.Cl.Cl. The number of anilines is 1. The number of piperazine rings is 1. The average molecular weight is 344 g/mol. The van der Waals surface area contributed by atoms with Crippen LogP contribution in [0.3, 0.4) is 0 Å². The van der Waals surface area contributed by atoms with E-state index in [-0.39, 0.29) is 24.8 Å². The van der Waals surface area contributed by atoms with Crippen molar-refractivity contribution < 1.29 is 0 Å². The van der Waals surface area contributed by atoms with Crippen LogP contribution >= 0.6 is 24.8 Å². The molecule has 2 aliphatic rings. The Hall–Kier alpha value is -0.740. The molecule has 2 aliphatic heterocycles. The summed E-state index contributed by atoms with van der Waals surface area (Å²) in [6.45, 7) is 10.8. The van der Waals surface area contributed by atoms with Crippen LogP contribution in [-0.2, 0) is 0 Å². The van der Waals surface area contributed by atoms with Gasteiger partial charge in [-0.15, -0.1) is 31.4 Å². The number of hydrogen-bond acceptors (Lipinski definition) is 3. The fourth-order valence-electron chi connectivity index (χ4n) is 3.31. The van der Waals surface area contributed by atoms with Crippen molar-refractivity contribution in [3.05, 3.63) is 42.5 Å². The predicted octanol–water partition coefficient (Wildman–Crippen LogP) is 3.26. The summed E-state index contributed by atoms with van der Waals surface area (Å²) in [5.41, 5.74) is 2.74. The molecule has 0 aromatic heterocycles. The van der Waals surface area contributed by atoms with E-state index in [0.29, 0.717) is 6.04 Å². The Morgan fingerprint density at radius 1 is 0.955 bits per heavy atom. The molecule has 3 nitrogen and oxygen atoms in total. The number of rotatable bonds is 4. The fourth-order valence-corrected chi connectivity index (χ4v) is 3.31. The van der Waals surface area contributed by atoms with Crippen molar-refractivity contribution in [3.63, 3.8) is 0 Å². The lowest BCUT2D eigenvalue weighted by Gasteiger charge is -2.33. The first kappa shape index (κ1) is 19.3. The van der Waals surface area contributed by atoms with Crippen LogP contribution in [0.4, 0.5) is 5.69 Å². The minimum absolute atomic E-state index is 0. The van der Waals surface area contributed by atoms with Crippen LogP contribution < -0.4 is 10.2 Å². The zero-order valence-corrected chi connectivity index (χ0v) is 14.7. The molecule has 0 saturated carbocycles. The number of nitrogens with one attached hydrogen (secondary N) is 1. The quantitative estimate of drug-likeness (QED) is 0.846. The summed E-state index contributed by atoms with van der Waals surface area (Å²) < 4.78 is 0. The first-order valence-corrected chi connectivity index (χ1v) is 7.81. The van der Waals surface area contributed by atoms with Crippen molar-refractivity contribution in [2.75, 3.05) is 44.2 Å². The van der Waals surface area contributed by atoms with Crippen LogP contribution in [-0.4, -0.2) is 44.2 Å². The molecule has 0 radical (unpaired) electrons. The molecule has 2 fully saturated rings. The summed E-state index contributed by atoms with van der Waals surface area (Å²) >= 11 is 0. The standard InChI is InChI=1S/C17H25N3.2ClH/c1-2-17(20-13-9-18-10-14-20)15-5-7-16(8-6-15)19-11-3-4-12-19;;/h2,5-8,17-18H,1,3-4,9-14H2;2*1H/t17-;;/m0../s1. The number of benzene rings is 1. The molecule has 124 valence electrons. The Balaban J connectivity index is 0.00000121. The van der Waals surface area contributed by atoms with E-state index >= 15 is 0 Å². The average Bonchev–Trinajstić information content (AvgIpc) is 3.04. The van der Waals surface area contributed by atoms with E-state index in [4.69, 9.17) is 0 Å². The first-order valence-electron chi connectivity index (χ1n) is 7.81. The van der Waals surface area contributed by atoms with Crippen LogP contribution in [0.1, 0.15) is 24.4 Å². The van der Waals surface area contributed by atoms with E-state index in [0.717, 1.165) is 26.2 Å². The molecule has 1 aromatic rings. The van der Waals surface area contributed by atoms with Gasteiger partial charge in [-0.3, -0.25) is 4.90 Å². The third-order valence-corrected chi connectivity index (χ3v) is 4.47. The van der Waals surface area contributed by atoms with Gasteiger partial charge in [-0.2, -0.15) is 0 Å². The van der Waals surface area contributed by atoms with Gasteiger partial charge in [0.1, 0.15) is 0 Å². The van der Waals surface area contributed by atoms with E-state index in [9.17, 15) is 0 Å². The summed E-state index contributed by atoms with van der Waals surface area (Å²) in [6, 6.07) is 9.47. The van der Waals surface area contributed by atoms with Crippen molar-refractivity contribution in [2.45, 2.75) is 18.9 Å². The Kier molecular flexibility index (Phi) is 8.26. The van der Waals surface area contributed by atoms with E-state index in [2.05, 4.69) is 52.0 Å². The highest BCUT2D eigenvalue weighted by Crippen LogP contribution is 2.26. The largest absolute Gasteiger partial charge is 0.372 e. The van der Waals surface area contributed by atoms with Gasteiger partial charge in [-0.1, -0.05) is 18.2 Å². The molecule has 1 N–H and O–H groups in total. The summed E-state index contributed by atoms with van der Waals surface area (Å²) in [6.07, 6.45) is 4.74. The van der Waals surface area contributed by atoms with Crippen molar-refractivity contribution in [1.82, 2.24) is 10.2 Å². The van der Waals surface area contributed by atoms with Crippen LogP contribution in [0.5, 0.6) is 0 Å². The van der Waals surface area contributed by atoms with Crippen LogP contribution in [0.2, 0.25) is 0 Å². The molecule has 0 bridgehead atoms. The molecule has 2 saturated heterocycles. The van der Waals surface area contributed by atoms with Crippen molar-refractivity contribution in [2.24, 2.45) is 0 Å². The van der Waals surface area contributed by atoms with Crippen LogP contribution in [0.15, 0.2) is 36.9 Å². The maximum absolute atomic E-state index is 4.04. The topological polar surface area (TPSA) is 18.5 Å². The molecule has 22 heavy (non-hydrogen) atoms. The lowest BCUT2D eigenvalue weighted by molar-refractivity contribution is 0.203. The molecule has 0 unspecified atom stereocenters. The smallest absolute Gasteiger partial charge is 0.0530 e. The zero-order chi connectivity index (χ0) is 13.8. The molecule has 0 aliphatic carbocycles. The van der Waals surface area contributed by atoms with E-state index in [1.165, 1.54) is 37.2 Å². The van der Waals surface area contributed by atoms with E-state index in [1.807, 2.05) is 0 Å². The maximum atomic E-state index is 4.04.